The lowest BCUT2D eigenvalue weighted by Gasteiger charge is -2.35. The first-order valence-corrected chi connectivity index (χ1v) is 21.8. The fourth-order valence-electron chi connectivity index (χ4n) is 9.43. The minimum absolute atomic E-state index is 0.335. The van der Waals surface area contributed by atoms with Crippen molar-refractivity contribution < 1.29 is 28.7 Å². The van der Waals surface area contributed by atoms with E-state index >= 15 is 0 Å². The van der Waals surface area contributed by atoms with Crippen molar-refractivity contribution in [2.45, 2.75) is 169 Å². The zero-order valence-corrected chi connectivity index (χ0v) is 33.6. The summed E-state index contributed by atoms with van der Waals surface area (Å²) < 4.78 is 11.6. The fraction of sp³-hybridized carbons (Fsp3) is 0.905. The molecule has 0 spiro atoms. The highest BCUT2D eigenvalue weighted by Crippen LogP contribution is 2.63. The molecule has 10 heteroatoms. The zero-order valence-electron chi connectivity index (χ0n) is 33.6. The quantitative estimate of drug-likeness (QED) is 0.0855. The van der Waals surface area contributed by atoms with Crippen molar-refractivity contribution in [1.29, 1.82) is 0 Å². The molecular formula is C42H76N4O6. The number of carbonyl (C=O) groups is 4. The van der Waals surface area contributed by atoms with Gasteiger partial charge in [0.1, 0.15) is 0 Å². The van der Waals surface area contributed by atoms with Crippen molar-refractivity contribution in [3.8, 4) is 0 Å². The second-order valence-electron chi connectivity index (χ2n) is 16.0. The van der Waals surface area contributed by atoms with Crippen LogP contribution in [-0.4, -0.2) is 73.4 Å². The number of hydrogen-bond donors (Lipinski definition) is 2. The normalized spacial score (nSPS) is 22.9. The maximum absolute atomic E-state index is 13.2. The maximum atomic E-state index is 13.2. The molecule has 10 nitrogen and oxygen atoms in total. The third kappa shape index (κ3) is 14.4. The summed E-state index contributed by atoms with van der Waals surface area (Å²) >= 11 is 0. The van der Waals surface area contributed by atoms with Gasteiger partial charge in [-0.1, -0.05) is 105 Å². The molecule has 3 fully saturated rings. The molecule has 52 heavy (non-hydrogen) atoms. The van der Waals surface area contributed by atoms with Crippen LogP contribution >= 0.6 is 0 Å². The summed E-state index contributed by atoms with van der Waals surface area (Å²) in [5, 5.41) is 5.89. The van der Waals surface area contributed by atoms with Crippen molar-refractivity contribution >= 4 is 24.2 Å². The van der Waals surface area contributed by atoms with Gasteiger partial charge < -0.3 is 20.1 Å². The number of hydrogen-bond acceptors (Lipinski definition) is 6. The van der Waals surface area contributed by atoms with Gasteiger partial charge in [0, 0.05) is 26.2 Å². The number of rotatable bonds is 26. The van der Waals surface area contributed by atoms with E-state index in [0.717, 1.165) is 127 Å². The predicted octanol–water partition coefficient (Wildman–Crippen LogP) is 10.7. The monoisotopic (exact) mass is 733 g/mol. The molecule has 3 rings (SSSR count). The Bertz CT molecular complexity index is 1040. The van der Waals surface area contributed by atoms with Crippen LogP contribution in [0.15, 0.2) is 0 Å². The second-order valence-corrected chi connectivity index (χ2v) is 16.0. The first kappa shape index (κ1) is 43.9. The number of unbranched alkanes of at least 4 members (excludes halogenated alkanes) is 12. The van der Waals surface area contributed by atoms with Gasteiger partial charge in [-0.15, -0.1) is 0 Å². The molecule has 2 N–H and O–H groups in total. The molecule has 0 aromatic heterocycles. The van der Waals surface area contributed by atoms with Gasteiger partial charge in [0.15, 0.2) is 0 Å². The van der Waals surface area contributed by atoms with Crippen LogP contribution in [0.25, 0.3) is 0 Å². The lowest BCUT2D eigenvalue weighted by atomic mass is 9.71. The average molecular weight is 733 g/mol. The van der Waals surface area contributed by atoms with E-state index in [1.165, 1.54) is 35.5 Å². The van der Waals surface area contributed by atoms with Crippen LogP contribution in [-0.2, 0) is 9.47 Å². The standard InChI is InChI=1S/C42H76N4O6/c1-5-9-13-17-25-43-39(47)45(27-19-15-11-7-3)41(49)51-29-23-33-21-22-36-35-31-34(37(32-35)38(33)36)24-30-52-42(50)46(28-20-16-12-8-4)40(48)44-26-18-14-10-6-2/h33-38H,5-32H2,1-4H3,(H,43,47)(H,44,48). The smallest absolute Gasteiger partial charge is 0.417 e. The molecule has 2 bridgehead atoms. The van der Waals surface area contributed by atoms with E-state index in [1.54, 1.807) is 0 Å². The van der Waals surface area contributed by atoms with Crippen molar-refractivity contribution in [2.24, 2.45) is 35.5 Å². The Balaban J connectivity index is 1.46. The number of carbonyl (C=O) groups excluding carboxylic acids is 4. The topological polar surface area (TPSA) is 117 Å². The number of ether oxygens (including phenoxy) is 2. The molecule has 6 unspecified atom stereocenters. The van der Waals surface area contributed by atoms with E-state index in [1.807, 2.05) is 0 Å². The lowest BCUT2D eigenvalue weighted by molar-refractivity contribution is 0.0773. The largest absolute Gasteiger partial charge is 0.449 e. The van der Waals surface area contributed by atoms with Gasteiger partial charge in [-0.05, 0) is 99.7 Å². The SMILES string of the molecule is CCCCCCNC(=O)N(CCCCCC)C(=O)OCCC1CC2CC1C1C(CCOC(=O)N(CCCCCC)C(=O)NCCCCCC)CCC21. The van der Waals surface area contributed by atoms with Gasteiger partial charge in [-0.2, -0.15) is 0 Å². The van der Waals surface area contributed by atoms with Crippen LogP contribution in [0.4, 0.5) is 19.2 Å². The van der Waals surface area contributed by atoms with Gasteiger partial charge in [0.25, 0.3) is 0 Å². The summed E-state index contributed by atoms with van der Waals surface area (Å²) in [6.45, 7) is 11.3. The second kappa shape index (κ2) is 25.5. The Kier molecular flexibility index (Phi) is 21.5. The Morgan fingerprint density at radius 3 is 1.48 bits per heavy atom. The molecule has 0 aliphatic heterocycles. The number of fused-ring (bicyclic) bond motifs is 5. The number of urea groups is 2. The van der Waals surface area contributed by atoms with Crippen LogP contribution in [0.3, 0.4) is 0 Å². The van der Waals surface area contributed by atoms with Gasteiger partial charge in [-0.3, -0.25) is 0 Å². The molecule has 0 aromatic carbocycles. The minimum Gasteiger partial charge on any atom is -0.449 e. The minimum atomic E-state index is -0.520. The highest BCUT2D eigenvalue weighted by Gasteiger charge is 2.56. The van der Waals surface area contributed by atoms with Crippen LogP contribution in [0.2, 0.25) is 0 Å². The third-order valence-corrected chi connectivity index (χ3v) is 12.2. The summed E-state index contributed by atoms with van der Waals surface area (Å²) in [6, 6.07) is -0.670. The van der Waals surface area contributed by atoms with Crippen LogP contribution in [0.1, 0.15) is 169 Å². The molecule has 6 atom stereocenters. The van der Waals surface area contributed by atoms with E-state index < -0.39 is 12.2 Å². The van der Waals surface area contributed by atoms with E-state index in [9.17, 15) is 19.2 Å². The summed E-state index contributed by atoms with van der Waals surface area (Å²) in [7, 11) is 0. The summed E-state index contributed by atoms with van der Waals surface area (Å²) in [5.41, 5.74) is 0. The van der Waals surface area contributed by atoms with Crippen LogP contribution < -0.4 is 10.6 Å². The molecule has 0 radical (unpaired) electrons. The molecule has 300 valence electrons. The summed E-state index contributed by atoms with van der Waals surface area (Å²) in [4.78, 5) is 54.9. The van der Waals surface area contributed by atoms with Crippen molar-refractivity contribution in [2.75, 3.05) is 39.4 Å². The number of amides is 6. The van der Waals surface area contributed by atoms with Crippen molar-refractivity contribution in [3.05, 3.63) is 0 Å². The van der Waals surface area contributed by atoms with Gasteiger partial charge in [-0.25, -0.2) is 29.0 Å². The van der Waals surface area contributed by atoms with Gasteiger partial charge in [0.2, 0.25) is 0 Å². The molecule has 3 aliphatic carbocycles. The van der Waals surface area contributed by atoms with Gasteiger partial charge in [0.05, 0.1) is 13.2 Å². The van der Waals surface area contributed by atoms with Crippen molar-refractivity contribution in [3.63, 3.8) is 0 Å². The van der Waals surface area contributed by atoms with E-state index in [2.05, 4.69) is 38.3 Å². The molecule has 3 aliphatic rings. The Hall–Kier alpha value is -2.52. The third-order valence-electron chi connectivity index (χ3n) is 12.2. The van der Waals surface area contributed by atoms with Crippen molar-refractivity contribution in [1.82, 2.24) is 20.4 Å². The zero-order chi connectivity index (χ0) is 37.6. The first-order chi connectivity index (χ1) is 25.4. The summed E-state index contributed by atoms with van der Waals surface area (Å²) in [6.07, 6.45) is 22.0. The van der Waals surface area contributed by atoms with Crippen LogP contribution in [0, 0.1) is 35.5 Å². The number of imide groups is 2. The number of nitrogens with zero attached hydrogens (tertiary/aromatic N) is 2. The lowest BCUT2D eigenvalue weighted by Crippen LogP contribution is -2.45. The maximum Gasteiger partial charge on any atom is 0.417 e. The molecule has 0 saturated heterocycles. The number of nitrogens with one attached hydrogen (secondary N) is 2. The highest BCUT2D eigenvalue weighted by atomic mass is 16.6. The van der Waals surface area contributed by atoms with E-state index in [4.69, 9.17) is 9.47 Å². The predicted molar refractivity (Wildman–Crippen MR) is 208 cm³/mol. The van der Waals surface area contributed by atoms with Gasteiger partial charge >= 0.3 is 24.2 Å². The van der Waals surface area contributed by atoms with E-state index in [-0.39, 0.29) is 12.1 Å². The highest BCUT2D eigenvalue weighted by molar-refractivity contribution is 5.91. The summed E-state index contributed by atoms with van der Waals surface area (Å²) in [5.74, 6) is 3.76. The molecular weight excluding hydrogens is 656 g/mol. The Morgan fingerprint density at radius 2 is 1.00 bits per heavy atom. The van der Waals surface area contributed by atoms with E-state index in [0.29, 0.717) is 63.1 Å². The Labute approximate surface area is 316 Å². The molecule has 0 heterocycles. The first-order valence-electron chi connectivity index (χ1n) is 21.8. The fourth-order valence-corrected chi connectivity index (χ4v) is 9.43. The Morgan fingerprint density at radius 1 is 0.538 bits per heavy atom. The van der Waals surface area contributed by atoms with Crippen LogP contribution in [0.5, 0.6) is 0 Å². The molecule has 3 saturated carbocycles. The average Bonchev–Trinajstić information content (AvgIpc) is 3.85. The molecule has 0 aromatic rings. The molecule has 6 amide bonds.